The van der Waals surface area contributed by atoms with Crippen LogP contribution in [0.3, 0.4) is 0 Å². The van der Waals surface area contributed by atoms with Crippen LogP contribution in [0.25, 0.3) is 10.9 Å². The molecule has 32 heavy (non-hydrogen) atoms. The molecule has 3 aromatic carbocycles. The molecule has 1 aromatic heterocycles. The molecule has 6 heteroatoms. The van der Waals surface area contributed by atoms with Crippen LogP contribution in [0, 0.1) is 6.92 Å². The SMILES string of the molecule is COc1ccc(NC(=O)[C@H](NC(=O)Cc2c[nH]c3ccccc23)c2ccc(C)cc2)cc1. The van der Waals surface area contributed by atoms with Crippen LogP contribution < -0.4 is 15.4 Å². The highest BCUT2D eigenvalue weighted by Gasteiger charge is 2.23. The van der Waals surface area contributed by atoms with E-state index in [-0.39, 0.29) is 18.2 Å². The molecule has 1 atom stereocenters. The van der Waals surface area contributed by atoms with Gasteiger partial charge in [-0.1, -0.05) is 48.0 Å². The van der Waals surface area contributed by atoms with Gasteiger partial charge in [-0.3, -0.25) is 9.59 Å². The Balaban J connectivity index is 1.53. The molecule has 162 valence electrons. The van der Waals surface area contributed by atoms with Crippen molar-refractivity contribution >= 4 is 28.4 Å². The molecular weight excluding hydrogens is 402 g/mol. The Hall–Kier alpha value is -4.06. The molecule has 0 fully saturated rings. The van der Waals surface area contributed by atoms with Crippen molar-refractivity contribution in [3.63, 3.8) is 0 Å². The van der Waals surface area contributed by atoms with E-state index >= 15 is 0 Å². The first-order chi connectivity index (χ1) is 15.5. The van der Waals surface area contributed by atoms with E-state index in [4.69, 9.17) is 4.74 Å². The maximum Gasteiger partial charge on any atom is 0.251 e. The highest BCUT2D eigenvalue weighted by Crippen LogP contribution is 2.21. The number of fused-ring (bicyclic) bond motifs is 1. The number of para-hydroxylation sites is 1. The van der Waals surface area contributed by atoms with Crippen LogP contribution in [0.2, 0.25) is 0 Å². The number of ether oxygens (including phenoxy) is 1. The fraction of sp³-hybridized carbons (Fsp3) is 0.154. The molecule has 0 radical (unpaired) electrons. The minimum absolute atomic E-state index is 0.169. The number of aromatic nitrogens is 1. The number of methoxy groups -OCH3 is 1. The Labute approximate surface area is 186 Å². The van der Waals surface area contributed by atoms with Gasteiger partial charge in [0.25, 0.3) is 5.91 Å². The maximum absolute atomic E-state index is 13.1. The molecule has 2 amide bonds. The zero-order valence-corrected chi connectivity index (χ0v) is 18.0. The number of nitrogens with one attached hydrogen (secondary N) is 3. The predicted molar refractivity (Wildman–Crippen MR) is 126 cm³/mol. The molecule has 0 saturated heterocycles. The lowest BCUT2D eigenvalue weighted by Gasteiger charge is -2.19. The second-order valence-corrected chi connectivity index (χ2v) is 7.67. The summed E-state index contributed by atoms with van der Waals surface area (Å²) in [6, 6.07) is 21.6. The van der Waals surface area contributed by atoms with Gasteiger partial charge in [0.15, 0.2) is 0 Å². The van der Waals surface area contributed by atoms with Gasteiger partial charge in [0.1, 0.15) is 11.8 Å². The summed E-state index contributed by atoms with van der Waals surface area (Å²) in [4.78, 5) is 29.2. The number of rotatable bonds is 7. The zero-order valence-electron chi connectivity index (χ0n) is 18.0. The Morgan fingerprint density at radius 2 is 1.69 bits per heavy atom. The summed E-state index contributed by atoms with van der Waals surface area (Å²) in [5, 5.41) is 6.79. The number of aromatic amines is 1. The van der Waals surface area contributed by atoms with Crippen LogP contribution in [-0.4, -0.2) is 23.9 Å². The Kier molecular flexibility index (Phi) is 6.22. The van der Waals surface area contributed by atoms with Crippen molar-refractivity contribution in [2.45, 2.75) is 19.4 Å². The van der Waals surface area contributed by atoms with Gasteiger partial charge in [-0.2, -0.15) is 0 Å². The molecule has 4 rings (SSSR count). The number of H-pyrrole nitrogens is 1. The van der Waals surface area contributed by atoms with Crippen molar-refractivity contribution in [1.29, 1.82) is 0 Å². The van der Waals surface area contributed by atoms with E-state index in [0.29, 0.717) is 17.0 Å². The predicted octanol–water partition coefficient (Wildman–Crippen LogP) is 4.52. The molecule has 0 aliphatic heterocycles. The van der Waals surface area contributed by atoms with E-state index in [1.165, 1.54) is 0 Å². The Bertz CT molecular complexity index is 1230. The number of benzene rings is 3. The lowest BCUT2D eigenvalue weighted by Crippen LogP contribution is -2.37. The van der Waals surface area contributed by atoms with Gasteiger partial charge in [-0.15, -0.1) is 0 Å². The van der Waals surface area contributed by atoms with Crippen molar-refractivity contribution in [3.8, 4) is 5.75 Å². The fourth-order valence-electron chi connectivity index (χ4n) is 3.61. The largest absolute Gasteiger partial charge is 0.497 e. The lowest BCUT2D eigenvalue weighted by molar-refractivity contribution is -0.126. The summed E-state index contributed by atoms with van der Waals surface area (Å²) in [5.74, 6) is 0.154. The summed E-state index contributed by atoms with van der Waals surface area (Å²) in [6.45, 7) is 1.98. The van der Waals surface area contributed by atoms with E-state index < -0.39 is 6.04 Å². The normalized spacial score (nSPS) is 11.7. The van der Waals surface area contributed by atoms with Crippen LogP contribution in [0.15, 0.2) is 79.0 Å². The van der Waals surface area contributed by atoms with Gasteiger partial charge in [0, 0.05) is 22.8 Å². The second kappa shape index (κ2) is 9.39. The molecule has 0 bridgehead atoms. The van der Waals surface area contributed by atoms with Crippen molar-refractivity contribution < 1.29 is 14.3 Å². The van der Waals surface area contributed by atoms with Crippen LogP contribution in [0.4, 0.5) is 5.69 Å². The molecule has 4 aromatic rings. The second-order valence-electron chi connectivity index (χ2n) is 7.67. The average molecular weight is 428 g/mol. The van der Waals surface area contributed by atoms with Crippen molar-refractivity contribution in [3.05, 3.63) is 95.7 Å². The molecule has 6 nitrogen and oxygen atoms in total. The topological polar surface area (TPSA) is 83.2 Å². The standard InChI is InChI=1S/C26H25N3O3/c1-17-7-9-18(10-8-17)25(26(31)28-20-11-13-21(32-2)14-12-20)29-24(30)15-19-16-27-23-6-4-3-5-22(19)23/h3-14,16,25,27H,15H2,1-2H3,(H,28,31)(H,29,30)/t25-/m1/s1. The molecular formula is C26H25N3O3. The van der Waals surface area contributed by atoms with Crippen LogP contribution in [-0.2, 0) is 16.0 Å². The summed E-state index contributed by atoms with van der Waals surface area (Å²) < 4.78 is 5.16. The number of hydrogen-bond acceptors (Lipinski definition) is 3. The summed E-state index contributed by atoms with van der Waals surface area (Å²) in [6.07, 6.45) is 2.00. The number of carbonyl (C=O) groups excluding carboxylic acids is 2. The molecule has 0 unspecified atom stereocenters. The van der Waals surface area contributed by atoms with E-state index in [0.717, 1.165) is 22.0 Å². The third-order valence-electron chi connectivity index (χ3n) is 5.36. The number of amides is 2. The molecule has 1 heterocycles. The quantitative estimate of drug-likeness (QED) is 0.405. The zero-order chi connectivity index (χ0) is 22.5. The van der Waals surface area contributed by atoms with Crippen molar-refractivity contribution in [2.75, 3.05) is 12.4 Å². The first-order valence-electron chi connectivity index (χ1n) is 10.4. The van der Waals surface area contributed by atoms with Crippen LogP contribution in [0.1, 0.15) is 22.7 Å². The average Bonchev–Trinajstić information content (AvgIpc) is 3.21. The van der Waals surface area contributed by atoms with Crippen LogP contribution >= 0.6 is 0 Å². The minimum Gasteiger partial charge on any atom is -0.497 e. The third kappa shape index (κ3) is 4.81. The molecule has 3 N–H and O–H groups in total. The summed E-state index contributed by atoms with van der Waals surface area (Å²) in [7, 11) is 1.59. The minimum atomic E-state index is -0.824. The first-order valence-corrected chi connectivity index (χ1v) is 10.4. The van der Waals surface area contributed by atoms with Gasteiger partial charge < -0.3 is 20.4 Å². The van der Waals surface area contributed by atoms with Crippen LogP contribution in [0.5, 0.6) is 5.75 Å². The van der Waals surface area contributed by atoms with Gasteiger partial charge >= 0.3 is 0 Å². The molecule has 0 saturated carbocycles. The fourth-order valence-corrected chi connectivity index (χ4v) is 3.61. The van der Waals surface area contributed by atoms with E-state index in [9.17, 15) is 9.59 Å². The lowest BCUT2D eigenvalue weighted by atomic mass is 10.0. The van der Waals surface area contributed by atoms with Gasteiger partial charge in [-0.25, -0.2) is 0 Å². The molecule has 0 aliphatic carbocycles. The summed E-state index contributed by atoms with van der Waals surface area (Å²) >= 11 is 0. The van der Waals surface area contributed by atoms with E-state index in [1.807, 2.05) is 61.7 Å². The number of aryl methyl sites for hydroxylation is 1. The highest BCUT2D eigenvalue weighted by atomic mass is 16.5. The van der Waals surface area contributed by atoms with Gasteiger partial charge in [0.2, 0.25) is 5.91 Å². The van der Waals surface area contributed by atoms with Gasteiger partial charge in [-0.05, 0) is 48.4 Å². The van der Waals surface area contributed by atoms with Crippen molar-refractivity contribution in [1.82, 2.24) is 10.3 Å². The number of hydrogen-bond donors (Lipinski definition) is 3. The van der Waals surface area contributed by atoms with Gasteiger partial charge in [0.05, 0.1) is 13.5 Å². The monoisotopic (exact) mass is 427 g/mol. The molecule has 0 spiro atoms. The summed E-state index contributed by atoms with van der Waals surface area (Å²) in [5.41, 5.74) is 4.28. The first kappa shape index (κ1) is 21.2. The number of anilines is 1. The maximum atomic E-state index is 13.1. The van der Waals surface area contributed by atoms with Crippen molar-refractivity contribution in [2.24, 2.45) is 0 Å². The Morgan fingerprint density at radius 1 is 0.969 bits per heavy atom. The number of carbonyl (C=O) groups is 2. The third-order valence-corrected chi connectivity index (χ3v) is 5.36. The smallest absolute Gasteiger partial charge is 0.251 e. The van der Waals surface area contributed by atoms with E-state index in [2.05, 4.69) is 15.6 Å². The molecule has 0 aliphatic rings. The Morgan fingerprint density at radius 3 is 2.41 bits per heavy atom. The highest BCUT2D eigenvalue weighted by molar-refractivity contribution is 5.98. The van der Waals surface area contributed by atoms with E-state index in [1.54, 1.807) is 31.4 Å².